The van der Waals surface area contributed by atoms with E-state index in [1.807, 2.05) is 0 Å². The van der Waals surface area contributed by atoms with Crippen LogP contribution in [-0.2, 0) is 11.2 Å². The molecule has 7 nitrogen and oxygen atoms in total. The average molecular weight is 358 g/mol. The molecule has 2 rings (SSSR count). The van der Waals surface area contributed by atoms with Gasteiger partial charge in [0.05, 0.1) is 19.1 Å². The van der Waals surface area contributed by atoms with Crippen molar-refractivity contribution < 1.29 is 28.9 Å². The third kappa shape index (κ3) is 4.13. The van der Waals surface area contributed by atoms with Crippen LogP contribution in [0.15, 0.2) is 24.3 Å². The van der Waals surface area contributed by atoms with Crippen LogP contribution in [0.5, 0.6) is 11.5 Å². The van der Waals surface area contributed by atoms with Gasteiger partial charge in [-0.25, -0.2) is 9.37 Å². The number of carbonyl (C=O) groups excluding carboxylic acids is 1. The molecule has 0 saturated heterocycles. The minimum Gasteiger partial charge on any atom is -0.504 e. The second kappa shape index (κ2) is 8.07. The Balaban J connectivity index is 2.45. The molecular weight excluding hydrogens is 343 g/mol. The molecule has 0 amide bonds. The number of nitrogens with zero attached hydrogens (tertiary/aromatic N) is 2. The Morgan fingerprint density at radius 3 is 2.69 bits per heavy atom. The maximum absolute atomic E-state index is 14.1. The summed E-state index contributed by atoms with van der Waals surface area (Å²) in [4.78, 5) is 26.8. The summed E-state index contributed by atoms with van der Waals surface area (Å²) in [5.41, 5.74) is -0.262. The standard InChI is InChI=1S/C18H15FN2O5/c1-26-15-4-2-3-13(19)12(15)8-11-7-10(9-20)18(25)17(21-11)14(22)5-6-16(23)24/h2-4,7,25H,5-6,8H2,1H3,(H,23,24). The van der Waals surface area contributed by atoms with Crippen LogP contribution in [0, 0.1) is 17.1 Å². The smallest absolute Gasteiger partial charge is 0.303 e. The van der Waals surface area contributed by atoms with Gasteiger partial charge in [-0.2, -0.15) is 5.26 Å². The van der Waals surface area contributed by atoms with E-state index in [1.54, 1.807) is 12.1 Å². The van der Waals surface area contributed by atoms with Gasteiger partial charge in [-0.1, -0.05) is 6.07 Å². The first-order valence-electron chi connectivity index (χ1n) is 7.56. The SMILES string of the molecule is COc1cccc(F)c1Cc1cc(C#N)c(O)c(C(=O)CCC(=O)O)n1. The summed E-state index contributed by atoms with van der Waals surface area (Å²) in [6.45, 7) is 0. The highest BCUT2D eigenvalue weighted by Crippen LogP contribution is 2.27. The van der Waals surface area contributed by atoms with Gasteiger partial charge in [0, 0.05) is 24.1 Å². The topological polar surface area (TPSA) is 121 Å². The molecule has 2 aromatic rings. The van der Waals surface area contributed by atoms with Crippen LogP contribution in [0.25, 0.3) is 0 Å². The summed E-state index contributed by atoms with van der Waals surface area (Å²) in [7, 11) is 1.38. The van der Waals surface area contributed by atoms with E-state index in [4.69, 9.17) is 15.1 Å². The summed E-state index contributed by atoms with van der Waals surface area (Å²) in [6.07, 6.45) is -0.898. The van der Waals surface area contributed by atoms with Gasteiger partial charge in [0.2, 0.25) is 0 Å². The molecule has 0 saturated carbocycles. The highest BCUT2D eigenvalue weighted by atomic mass is 19.1. The molecule has 0 radical (unpaired) electrons. The number of methoxy groups -OCH3 is 1. The summed E-state index contributed by atoms with van der Waals surface area (Å²) in [6, 6.07) is 7.26. The molecular formula is C18H15FN2O5. The van der Waals surface area contributed by atoms with Crippen molar-refractivity contribution in [3.05, 3.63) is 52.6 Å². The average Bonchev–Trinajstić information content (AvgIpc) is 2.62. The fraction of sp³-hybridized carbons (Fsp3) is 0.222. The van der Waals surface area contributed by atoms with Gasteiger partial charge in [0.15, 0.2) is 11.5 Å². The lowest BCUT2D eigenvalue weighted by Crippen LogP contribution is -2.09. The number of aromatic nitrogens is 1. The number of aliphatic carboxylic acids is 1. The Kier molecular flexibility index (Phi) is 5.86. The van der Waals surface area contributed by atoms with E-state index in [2.05, 4.69) is 4.98 Å². The number of ketones is 1. The van der Waals surface area contributed by atoms with Gasteiger partial charge in [-0.05, 0) is 18.2 Å². The van der Waals surface area contributed by atoms with Gasteiger partial charge in [-0.3, -0.25) is 9.59 Å². The molecule has 0 aliphatic rings. The van der Waals surface area contributed by atoms with Crippen LogP contribution < -0.4 is 4.74 Å². The first-order chi connectivity index (χ1) is 12.4. The molecule has 1 aromatic heterocycles. The summed E-state index contributed by atoms with van der Waals surface area (Å²) >= 11 is 0. The number of nitriles is 1. The second-order valence-electron chi connectivity index (χ2n) is 5.38. The van der Waals surface area contributed by atoms with Crippen molar-refractivity contribution in [2.75, 3.05) is 7.11 Å². The van der Waals surface area contributed by atoms with E-state index in [0.29, 0.717) is 0 Å². The first-order valence-corrected chi connectivity index (χ1v) is 7.56. The zero-order valence-corrected chi connectivity index (χ0v) is 13.8. The number of Topliss-reactive ketones (excluding diaryl/α,β-unsaturated/α-hetero) is 1. The Labute approximate surface area is 148 Å². The third-order valence-electron chi connectivity index (χ3n) is 3.65. The molecule has 134 valence electrons. The lowest BCUT2D eigenvalue weighted by atomic mass is 10.0. The Morgan fingerprint density at radius 2 is 2.08 bits per heavy atom. The number of carboxylic acid groups (broad SMARTS) is 1. The Bertz CT molecular complexity index is 905. The van der Waals surface area contributed by atoms with Crippen LogP contribution in [0.1, 0.15) is 40.2 Å². The maximum atomic E-state index is 14.1. The second-order valence-corrected chi connectivity index (χ2v) is 5.38. The molecule has 0 atom stereocenters. The third-order valence-corrected chi connectivity index (χ3v) is 3.65. The molecule has 0 bridgehead atoms. The number of hydrogen-bond donors (Lipinski definition) is 2. The minimum atomic E-state index is -1.18. The minimum absolute atomic E-state index is 0.0793. The molecule has 26 heavy (non-hydrogen) atoms. The maximum Gasteiger partial charge on any atom is 0.303 e. The van der Waals surface area contributed by atoms with Crippen molar-refractivity contribution >= 4 is 11.8 Å². The lowest BCUT2D eigenvalue weighted by Gasteiger charge is -2.11. The van der Waals surface area contributed by atoms with Crippen LogP contribution in [0.3, 0.4) is 0 Å². The van der Waals surface area contributed by atoms with Gasteiger partial charge < -0.3 is 14.9 Å². The monoisotopic (exact) mass is 358 g/mol. The Morgan fingerprint density at radius 1 is 1.35 bits per heavy atom. The highest BCUT2D eigenvalue weighted by Gasteiger charge is 2.20. The van der Waals surface area contributed by atoms with Gasteiger partial charge >= 0.3 is 5.97 Å². The van der Waals surface area contributed by atoms with E-state index in [1.165, 1.54) is 25.3 Å². The Hall–Kier alpha value is -3.47. The molecule has 8 heteroatoms. The van der Waals surface area contributed by atoms with E-state index < -0.39 is 35.4 Å². The van der Waals surface area contributed by atoms with Crippen molar-refractivity contribution in [2.45, 2.75) is 19.3 Å². The van der Waals surface area contributed by atoms with Gasteiger partial charge in [0.25, 0.3) is 0 Å². The molecule has 0 aliphatic heterocycles. The van der Waals surface area contributed by atoms with Crippen molar-refractivity contribution in [1.82, 2.24) is 4.98 Å². The molecule has 1 heterocycles. The van der Waals surface area contributed by atoms with Crippen molar-refractivity contribution in [3.8, 4) is 17.6 Å². The molecule has 1 aromatic carbocycles. The van der Waals surface area contributed by atoms with Gasteiger partial charge in [-0.15, -0.1) is 0 Å². The molecule has 0 unspecified atom stereocenters. The molecule has 0 spiro atoms. The number of benzene rings is 1. The lowest BCUT2D eigenvalue weighted by molar-refractivity contribution is -0.136. The number of pyridine rings is 1. The van der Waals surface area contributed by atoms with Gasteiger partial charge in [0.1, 0.15) is 23.3 Å². The molecule has 0 aliphatic carbocycles. The van der Waals surface area contributed by atoms with Crippen molar-refractivity contribution in [2.24, 2.45) is 0 Å². The number of ether oxygens (including phenoxy) is 1. The fourth-order valence-corrected chi connectivity index (χ4v) is 2.38. The number of carboxylic acids is 1. The summed E-state index contributed by atoms with van der Waals surface area (Å²) in [5, 5.41) is 27.8. The zero-order chi connectivity index (χ0) is 19.3. The van der Waals surface area contributed by atoms with Crippen LogP contribution in [0.4, 0.5) is 4.39 Å². The van der Waals surface area contributed by atoms with Crippen LogP contribution in [0.2, 0.25) is 0 Å². The number of aromatic hydroxyl groups is 1. The van der Waals surface area contributed by atoms with E-state index in [-0.39, 0.29) is 35.4 Å². The molecule has 0 fully saturated rings. The van der Waals surface area contributed by atoms with E-state index >= 15 is 0 Å². The van der Waals surface area contributed by atoms with Crippen LogP contribution >= 0.6 is 0 Å². The highest BCUT2D eigenvalue weighted by molar-refractivity contribution is 5.98. The quantitative estimate of drug-likeness (QED) is 0.729. The summed E-state index contributed by atoms with van der Waals surface area (Å²) < 4.78 is 19.2. The predicted molar refractivity (Wildman–Crippen MR) is 87.6 cm³/mol. The number of carbonyl (C=O) groups is 2. The fourth-order valence-electron chi connectivity index (χ4n) is 2.38. The van der Waals surface area contributed by atoms with Crippen molar-refractivity contribution in [1.29, 1.82) is 5.26 Å². The zero-order valence-electron chi connectivity index (χ0n) is 13.8. The number of hydrogen-bond acceptors (Lipinski definition) is 6. The van der Waals surface area contributed by atoms with E-state index in [0.717, 1.165) is 0 Å². The number of halogens is 1. The largest absolute Gasteiger partial charge is 0.504 e. The summed E-state index contributed by atoms with van der Waals surface area (Å²) in [5.74, 6) is -2.78. The normalized spacial score (nSPS) is 10.2. The first kappa shape index (κ1) is 18.9. The van der Waals surface area contributed by atoms with Crippen LogP contribution in [-0.4, -0.2) is 34.1 Å². The molecule has 2 N–H and O–H groups in total. The van der Waals surface area contributed by atoms with E-state index in [9.17, 15) is 19.1 Å². The van der Waals surface area contributed by atoms with Crippen molar-refractivity contribution in [3.63, 3.8) is 0 Å². The number of rotatable bonds is 7. The predicted octanol–water partition coefficient (Wildman–Crippen LogP) is 2.44.